The molecular weight excluding hydrogens is 320 g/mol. The van der Waals surface area contributed by atoms with E-state index < -0.39 is 0 Å². The number of carbonyl (C=O) groups is 2. The number of phenols is 1. The molecule has 1 aromatic carbocycles. The molecule has 0 spiro atoms. The fraction of sp³-hybridized carbons (Fsp3) is 0.556. The van der Waals surface area contributed by atoms with Gasteiger partial charge in [-0.25, -0.2) is 0 Å². The monoisotopic (exact) mass is 349 g/mol. The Labute approximate surface area is 149 Å². The van der Waals surface area contributed by atoms with Crippen molar-refractivity contribution in [3.8, 4) is 5.75 Å². The van der Waals surface area contributed by atoms with Gasteiger partial charge in [0.05, 0.1) is 6.54 Å². The minimum atomic E-state index is -0.00991. The van der Waals surface area contributed by atoms with E-state index in [0.717, 1.165) is 30.2 Å². The van der Waals surface area contributed by atoms with Gasteiger partial charge in [0.25, 0.3) is 11.8 Å². The van der Waals surface area contributed by atoms with Crippen LogP contribution in [0, 0.1) is 0 Å². The van der Waals surface area contributed by atoms with Crippen molar-refractivity contribution < 1.29 is 19.6 Å². The zero-order chi connectivity index (χ0) is 18.2. The zero-order valence-electron chi connectivity index (χ0n) is 15.1. The smallest absolute Gasteiger partial charge is 0.277 e. The molecule has 1 heterocycles. The van der Waals surface area contributed by atoms with E-state index in [0.29, 0.717) is 32.7 Å². The molecule has 0 bridgehead atoms. The molecule has 1 aliphatic rings. The highest BCUT2D eigenvalue weighted by atomic mass is 16.3. The Morgan fingerprint density at radius 3 is 2.28 bits per heavy atom. The van der Waals surface area contributed by atoms with Gasteiger partial charge in [-0.2, -0.15) is 0 Å². The van der Waals surface area contributed by atoms with E-state index in [4.69, 9.17) is 0 Å². The third-order valence-electron chi connectivity index (χ3n) is 4.53. The minimum Gasteiger partial charge on any atom is -0.508 e. The molecule has 1 unspecified atom stereocenters. The molecular formula is C18H29N4O3+. The lowest BCUT2D eigenvalue weighted by Gasteiger charge is -2.36. The first-order valence-corrected chi connectivity index (χ1v) is 8.95. The Morgan fingerprint density at radius 1 is 1.08 bits per heavy atom. The third-order valence-corrected chi connectivity index (χ3v) is 4.53. The van der Waals surface area contributed by atoms with Crippen LogP contribution >= 0.6 is 0 Å². The molecule has 0 radical (unpaired) electrons. The Balaban J connectivity index is 1.81. The highest BCUT2D eigenvalue weighted by molar-refractivity contribution is 5.79. The molecule has 1 atom stereocenters. The number of hydrogen-bond donors (Lipinski definition) is 3. The van der Waals surface area contributed by atoms with Gasteiger partial charge in [-0.15, -0.1) is 0 Å². The summed E-state index contributed by atoms with van der Waals surface area (Å²) in [5.74, 6) is 0.350. The second-order valence-electron chi connectivity index (χ2n) is 6.29. The Kier molecular flexibility index (Phi) is 7.06. The van der Waals surface area contributed by atoms with Crippen molar-refractivity contribution in [2.24, 2.45) is 0 Å². The van der Waals surface area contributed by atoms with Crippen molar-refractivity contribution >= 4 is 17.5 Å². The summed E-state index contributed by atoms with van der Waals surface area (Å²) in [4.78, 5) is 29.3. The molecule has 0 aliphatic carbocycles. The number of anilines is 1. The van der Waals surface area contributed by atoms with Crippen LogP contribution in [0.3, 0.4) is 0 Å². The quantitative estimate of drug-likeness (QED) is 0.595. The average Bonchev–Trinajstić information content (AvgIpc) is 2.62. The van der Waals surface area contributed by atoms with E-state index in [1.807, 2.05) is 30.9 Å². The maximum atomic E-state index is 12.5. The molecule has 7 heteroatoms. The second-order valence-corrected chi connectivity index (χ2v) is 6.29. The van der Waals surface area contributed by atoms with Crippen LogP contribution in [0.1, 0.15) is 13.8 Å². The van der Waals surface area contributed by atoms with Gasteiger partial charge in [-0.1, -0.05) is 0 Å². The van der Waals surface area contributed by atoms with Gasteiger partial charge in [0, 0.05) is 38.4 Å². The first-order valence-electron chi connectivity index (χ1n) is 8.95. The lowest BCUT2D eigenvalue weighted by Crippen LogP contribution is -3.14. The number of carbonyl (C=O) groups excluding carboxylic acids is 2. The van der Waals surface area contributed by atoms with E-state index >= 15 is 0 Å². The SMILES string of the molecule is CCNC(=O)C[NH+](CC)CC(=O)N1CCN(c2ccc(O)cc2)CC1. The van der Waals surface area contributed by atoms with E-state index in [-0.39, 0.29) is 17.6 Å². The number of nitrogens with zero attached hydrogens (tertiary/aromatic N) is 2. The standard InChI is InChI=1S/C18H28N4O3/c1-3-19-17(24)13-20(4-2)14-18(25)22-11-9-21(10-12-22)15-5-7-16(23)8-6-15/h5-8,23H,3-4,9-14H2,1-2H3,(H,19,24)/p+1. The minimum absolute atomic E-state index is 0.00991. The van der Waals surface area contributed by atoms with Gasteiger partial charge in [0.1, 0.15) is 5.75 Å². The highest BCUT2D eigenvalue weighted by Gasteiger charge is 2.25. The fourth-order valence-corrected chi connectivity index (χ4v) is 3.00. The summed E-state index contributed by atoms with van der Waals surface area (Å²) in [7, 11) is 0. The molecule has 2 rings (SSSR count). The number of piperazine rings is 1. The zero-order valence-corrected chi connectivity index (χ0v) is 15.1. The van der Waals surface area contributed by atoms with Crippen LogP contribution in [0.2, 0.25) is 0 Å². The number of amides is 2. The molecule has 1 fully saturated rings. The molecule has 2 amide bonds. The largest absolute Gasteiger partial charge is 0.508 e. The van der Waals surface area contributed by atoms with Crippen molar-refractivity contribution in [2.45, 2.75) is 13.8 Å². The van der Waals surface area contributed by atoms with Crippen molar-refractivity contribution in [3.05, 3.63) is 24.3 Å². The summed E-state index contributed by atoms with van der Waals surface area (Å²) >= 11 is 0. The van der Waals surface area contributed by atoms with Crippen molar-refractivity contribution in [1.29, 1.82) is 0 Å². The van der Waals surface area contributed by atoms with E-state index in [1.165, 1.54) is 0 Å². The summed E-state index contributed by atoms with van der Waals surface area (Å²) < 4.78 is 0. The molecule has 0 aromatic heterocycles. The van der Waals surface area contributed by atoms with Gasteiger partial charge < -0.3 is 25.1 Å². The van der Waals surface area contributed by atoms with Crippen molar-refractivity contribution in [3.63, 3.8) is 0 Å². The fourth-order valence-electron chi connectivity index (χ4n) is 3.00. The van der Waals surface area contributed by atoms with Gasteiger partial charge in [0.2, 0.25) is 0 Å². The van der Waals surface area contributed by atoms with E-state index in [1.54, 1.807) is 12.1 Å². The second kappa shape index (κ2) is 9.27. The van der Waals surface area contributed by atoms with Crippen LogP contribution in [0.25, 0.3) is 0 Å². The lowest BCUT2D eigenvalue weighted by molar-refractivity contribution is -0.882. The summed E-state index contributed by atoms with van der Waals surface area (Å²) in [6.45, 7) is 8.83. The molecule has 138 valence electrons. The predicted molar refractivity (Wildman–Crippen MR) is 96.8 cm³/mol. The van der Waals surface area contributed by atoms with Crippen molar-refractivity contribution in [2.75, 3.05) is 57.3 Å². The normalized spacial score (nSPS) is 15.8. The first kappa shape index (κ1) is 19.1. The number of quaternary nitrogens is 1. The molecule has 0 saturated carbocycles. The Bertz CT molecular complexity index is 568. The van der Waals surface area contributed by atoms with Crippen molar-refractivity contribution in [1.82, 2.24) is 10.2 Å². The van der Waals surface area contributed by atoms with Crippen LogP contribution in [0.5, 0.6) is 5.75 Å². The molecule has 1 aromatic rings. The highest BCUT2D eigenvalue weighted by Crippen LogP contribution is 2.19. The van der Waals surface area contributed by atoms with Crippen LogP contribution in [-0.2, 0) is 9.59 Å². The lowest BCUT2D eigenvalue weighted by atomic mass is 10.2. The van der Waals surface area contributed by atoms with Crippen LogP contribution in [-0.4, -0.2) is 74.2 Å². The van der Waals surface area contributed by atoms with E-state index in [2.05, 4.69) is 10.2 Å². The maximum absolute atomic E-state index is 12.5. The predicted octanol–water partition coefficient (Wildman–Crippen LogP) is -0.918. The summed E-state index contributed by atoms with van der Waals surface area (Å²) in [5.41, 5.74) is 1.06. The molecule has 7 nitrogen and oxygen atoms in total. The summed E-state index contributed by atoms with van der Waals surface area (Å²) in [6.07, 6.45) is 0. The number of rotatable bonds is 7. The summed E-state index contributed by atoms with van der Waals surface area (Å²) in [5, 5.41) is 12.2. The maximum Gasteiger partial charge on any atom is 0.277 e. The van der Waals surface area contributed by atoms with Gasteiger partial charge in [-0.3, -0.25) is 9.59 Å². The number of aromatic hydroxyl groups is 1. The molecule has 3 N–H and O–H groups in total. The van der Waals surface area contributed by atoms with Gasteiger partial charge in [0.15, 0.2) is 13.1 Å². The molecule has 25 heavy (non-hydrogen) atoms. The van der Waals surface area contributed by atoms with Crippen LogP contribution < -0.4 is 15.1 Å². The third kappa shape index (κ3) is 5.63. The van der Waals surface area contributed by atoms with Crippen LogP contribution in [0.4, 0.5) is 5.69 Å². The first-order chi connectivity index (χ1) is 12.0. The van der Waals surface area contributed by atoms with Gasteiger partial charge >= 0.3 is 0 Å². The number of likely N-dealkylation sites (N-methyl/N-ethyl adjacent to an activating group) is 2. The van der Waals surface area contributed by atoms with Crippen LogP contribution in [0.15, 0.2) is 24.3 Å². The summed E-state index contributed by atoms with van der Waals surface area (Å²) in [6, 6.07) is 7.14. The Hall–Kier alpha value is -2.28. The number of benzene rings is 1. The number of hydrogen-bond acceptors (Lipinski definition) is 4. The van der Waals surface area contributed by atoms with E-state index in [9.17, 15) is 14.7 Å². The number of nitrogens with one attached hydrogen (secondary N) is 2. The topological polar surface area (TPSA) is 77.3 Å². The average molecular weight is 349 g/mol. The molecule has 1 saturated heterocycles. The Morgan fingerprint density at radius 2 is 1.72 bits per heavy atom. The number of phenolic OH excluding ortho intramolecular Hbond substituents is 1. The van der Waals surface area contributed by atoms with Gasteiger partial charge in [-0.05, 0) is 38.1 Å². The molecule has 1 aliphatic heterocycles.